The molecule has 0 N–H and O–H groups in total. The zero-order valence-corrected chi connectivity index (χ0v) is 15.7. The molecule has 1 amide bonds. The Morgan fingerprint density at radius 2 is 1.92 bits per heavy atom. The Morgan fingerprint density at radius 1 is 1.19 bits per heavy atom. The van der Waals surface area contributed by atoms with Gasteiger partial charge in [-0.25, -0.2) is 0 Å². The predicted octanol–water partition coefficient (Wildman–Crippen LogP) is 3.04. The molecule has 140 valence electrons. The number of hydrogen-bond donors (Lipinski definition) is 0. The summed E-state index contributed by atoms with van der Waals surface area (Å²) < 4.78 is 0. The molecule has 2 heterocycles. The fraction of sp³-hybridized carbons (Fsp3) is 0.526. The molecule has 2 saturated heterocycles. The van der Waals surface area contributed by atoms with E-state index in [-0.39, 0.29) is 17.6 Å². The van der Waals surface area contributed by atoms with Crippen LogP contribution in [0.4, 0.5) is 5.69 Å². The number of nitrogens with zero attached hydrogens (tertiary/aromatic N) is 3. The lowest BCUT2D eigenvalue weighted by atomic mass is 10.2. The second-order valence-electron chi connectivity index (χ2n) is 6.80. The lowest BCUT2D eigenvalue weighted by Crippen LogP contribution is -2.47. The summed E-state index contributed by atoms with van der Waals surface area (Å²) in [6.07, 6.45) is 6.89. The van der Waals surface area contributed by atoms with Crippen molar-refractivity contribution in [2.75, 3.05) is 37.7 Å². The maximum Gasteiger partial charge on any atom is 0.269 e. The van der Waals surface area contributed by atoms with E-state index in [2.05, 4.69) is 4.90 Å². The Morgan fingerprint density at radius 3 is 2.62 bits per heavy atom. The maximum absolute atomic E-state index is 12.8. The van der Waals surface area contributed by atoms with Gasteiger partial charge in [-0.15, -0.1) is 0 Å². The van der Waals surface area contributed by atoms with E-state index in [9.17, 15) is 14.9 Å². The van der Waals surface area contributed by atoms with E-state index in [1.54, 1.807) is 24.3 Å². The van der Waals surface area contributed by atoms with Gasteiger partial charge < -0.3 is 9.80 Å². The van der Waals surface area contributed by atoms with Crippen LogP contribution < -0.4 is 0 Å². The Bertz CT molecular complexity index is 656. The van der Waals surface area contributed by atoms with Gasteiger partial charge in [-0.2, -0.15) is 11.8 Å². The van der Waals surface area contributed by atoms with Crippen molar-refractivity contribution in [3.63, 3.8) is 0 Å². The average Bonchev–Trinajstić information content (AvgIpc) is 3.04. The summed E-state index contributed by atoms with van der Waals surface area (Å²) in [4.78, 5) is 27.6. The van der Waals surface area contributed by atoms with Crippen molar-refractivity contribution in [2.45, 2.75) is 25.3 Å². The van der Waals surface area contributed by atoms with Gasteiger partial charge in [0.05, 0.1) is 11.0 Å². The molecule has 0 aliphatic carbocycles. The van der Waals surface area contributed by atoms with Crippen LogP contribution in [0.15, 0.2) is 30.3 Å². The van der Waals surface area contributed by atoms with Crippen LogP contribution in [0.3, 0.4) is 0 Å². The van der Waals surface area contributed by atoms with Gasteiger partial charge in [0, 0.05) is 37.1 Å². The van der Waals surface area contributed by atoms with Gasteiger partial charge in [0.15, 0.2) is 0 Å². The zero-order chi connectivity index (χ0) is 18.4. The van der Waals surface area contributed by atoms with Crippen LogP contribution in [0.5, 0.6) is 0 Å². The van der Waals surface area contributed by atoms with Crippen LogP contribution in [0.2, 0.25) is 0 Å². The van der Waals surface area contributed by atoms with Crippen molar-refractivity contribution in [1.82, 2.24) is 9.80 Å². The van der Waals surface area contributed by atoms with E-state index in [1.165, 1.54) is 25.0 Å². The molecule has 1 aromatic carbocycles. The number of carbonyl (C=O) groups is 1. The molecular formula is C19H25N3O3S. The quantitative estimate of drug-likeness (QED) is 0.450. The fourth-order valence-electron chi connectivity index (χ4n) is 3.50. The highest BCUT2D eigenvalue weighted by atomic mass is 32.2. The number of thioether (sulfide) groups is 1. The lowest BCUT2D eigenvalue weighted by molar-refractivity contribution is -0.384. The van der Waals surface area contributed by atoms with Gasteiger partial charge in [-0.3, -0.25) is 14.9 Å². The van der Waals surface area contributed by atoms with Gasteiger partial charge in [0.1, 0.15) is 0 Å². The second kappa shape index (κ2) is 9.19. The molecule has 7 heteroatoms. The summed E-state index contributed by atoms with van der Waals surface area (Å²) in [6, 6.07) is 6.52. The summed E-state index contributed by atoms with van der Waals surface area (Å²) >= 11 is 1.94. The summed E-state index contributed by atoms with van der Waals surface area (Å²) in [7, 11) is 0. The molecule has 1 aromatic rings. The van der Waals surface area contributed by atoms with Crippen molar-refractivity contribution < 1.29 is 9.72 Å². The molecule has 3 rings (SSSR count). The van der Waals surface area contributed by atoms with Crippen LogP contribution in [-0.4, -0.2) is 64.4 Å². The van der Waals surface area contributed by atoms with Gasteiger partial charge in [-0.05, 0) is 61.9 Å². The average molecular weight is 375 g/mol. The smallest absolute Gasteiger partial charge is 0.269 e. The Hall–Kier alpha value is -1.86. The lowest BCUT2D eigenvalue weighted by Gasteiger charge is -2.32. The molecule has 1 unspecified atom stereocenters. The number of hydrogen-bond acceptors (Lipinski definition) is 5. The van der Waals surface area contributed by atoms with Gasteiger partial charge in [0.2, 0.25) is 5.91 Å². The molecule has 2 fully saturated rings. The number of nitro groups is 1. The minimum absolute atomic E-state index is 0.0371. The molecule has 6 nitrogen and oxygen atoms in total. The standard InChI is InChI=1S/C19H25N3O3S/c23-19(9-6-16-4-7-17(8-5-16)22(24)25)21-12-3-13-26-15-18(21)14-20-10-1-2-11-20/h4-9,18H,1-3,10-15H2/b9-6+. The van der Waals surface area contributed by atoms with Crippen LogP contribution in [0, 0.1) is 10.1 Å². The highest BCUT2D eigenvalue weighted by Crippen LogP contribution is 2.20. The third kappa shape index (κ3) is 5.08. The topological polar surface area (TPSA) is 66.7 Å². The van der Waals surface area contributed by atoms with Crippen molar-refractivity contribution >= 4 is 29.4 Å². The third-order valence-corrected chi connectivity index (χ3v) is 6.11. The molecule has 26 heavy (non-hydrogen) atoms. The highest BCUT2D eigenvalue weighted by molar-refractivity contribution is 7.99. The fourth-order valence-corrected chi connectivity index (χ4v) is 4.56. The number of rotatable bonds is 5. The van der Waals surface area contributed by atoms with Gasteiger partial charge in [-0.1, -0.05) is 0 Å². The Labute approximate surface area is 158 Å². The van der Waals surface area contributed by atoms with Crippen LogP contribution >= 0.6 is 11.8 Å². The van der Waals surface area contributed by atoms with E-state index in [0.29, 0.717) is 0 Å². The minimum atomic E-state index is -0.420. The molecule has 2 aliphatic heterocycles. The second-order valence-corrected chi connectivity index (χ2v) is 7.95. The van der Waals surface area contributed by atoms with Crippen molar-refractivity contribution in [2.24, 2.45) is 0 Å². The molecule has 0 saturated carbocycles. The first-order valence-corrected chi connectivity index (χ1v) is 10.3. The van der Waals surface area contributed by atoms with Crippen molar-refractivity contribution in [3.05, 3.63) is 46.0 Å². The van der Waals surface area contributed by atoms with E-state index in [4.69, 9.17) is 0 Å². The van der Waals surface area contributed by atoms with E-state index in [1.807, 2.05) is 16.7 Å². The number of nitro benzene ring substituents is 1. The summed E-state index contributed by atoms with van der Waals surface area (Å²) in [5.41, 5.74) is 0.855. The molecule has 0 bridgehead atoms. The first kappa shape index (κ1) is 18.9. The van der Waals surface area contributed by atoms with E-state index in [0.717, 1.165) is 49.7 Å². The molecule has 0 aromatic heterocycles. The van der Waals surface area contributed by atoms with Gasteiger partial charge in [0.25, 0.3) is 5.69 Å². The van der Waals surface area contributed by atoms with E-state index >= 15 is 0 Å². The number of likely N-dealkylation sites (tertiary alicyclic amines) is 1. The van der Waals surface area contributed by atoms with Gasteiger partial charge >= 0.3 is 0 Å². The summed E-state index contributed by atoms with van der Waals surface area (Å²) in [6.45, 7) is 4.04. The van der Waals surface area contributed by atoms with E-state index < -0.39 is 4.92 Å². The molecule has 0 spiro atoms. The number of amides is 1. The normalized spacial score (nSPS) is 21.8. The first-order valence-electron chi connectivity index (χ1n) is 9.17. The third-order valence-electron chi connectivity index (χ3n) is 4.91. The minimum Gasteiger partial charge on any atom is -0.334 e. The Balaban J connectivity index is 1.65. The van der Waals surface area contributed by atoms with Crippen LogP contribution in [-0.2, 0) is 4.79 Å². The largest absolute Gasteiger partial charge is 0.334 e. The highest BCUT2D eigenvalue weighted by Gasteiger charge is 2.27. The number of non-ortho nitro benzene ring substituents is 1. The monoisotopic (exact) mass is 375 g/mol. The van der Waals surface area contributed by atoms with Crippen molar-refractivity contribution in [3.8, 4) is 0 Å². The first-order chi connectivity index (χ1) is 12.6. The molecular weight excluding hydrogens is 350 g/mol. The number of benzene rings is 1. The van der Waals surface area contributed by atoms with Crippen LogP contribution in [0.1, 0.15) is 24.8 Å². The van der Waals surface area contributed by atoms with Crippen molar-refractivity contribution in [1.29, 1.82) is 0 Å². The SMILES string of the molecule is O=C(/C=C/c1ccc([N+](=O)[O-])cc1)N1CCCSCC1CN1CCCC1. The Kier molecular flexibility index (Phi) is 6.68. The van der Waals surface area contributed by atoms with Crippen LogP contribution in [0.25, 0.3) is 6.08 Å². The summed E-state index contributed by atoms with van der Waals surface area (Å²) in [5.74, 6) is 2.13. The summed E-state index contributed by atoms with van der Waals surface area (Å²) in [5, 5.41) is 10.7. The molecule has 1 atom stereocenters. The maximum atomic E-state index is 12.8. The predicted molar refractivity (Wildman–Crippen MR) is 105 cm³/mol. The number of carbonyl (C=O) groups excluding carboxylic acids is 1. The zero-order valence-electron chi connectivity index (χ0n) is 14.9. The molecule has 2 aliphatic rings. The molecule has 0 radical (unpaired) electrons.